The molecule has 0 aromatic rings. The van der Waals surface area contributed by atoms with Crippen molar-refractivity contribution in [2.75, 3.05) is 13.2 Å². The second kappa shape index (κ2) is 44.7. The number of hydrogen-bond donors (Lipinski definition) is 1. The molecule has 1 heterocycles. The summed E-state index contributed by atoms with van der Waals surface area (Å²) >= 11 is 0. The lowest BCUT2D eigenvalue weighted by Crippen LogP contribution is -2.63. The Morgan fingerprint density at radius 3 is 1.31 bits per heavy atom. The standard InChI is InChI=1S/C58H101NO13/c1-8-10-12-14-16-18-20-22-23-24-25-26-27-28-29-31-33-35-37-39-41-43-54(65)59-51(52(68-47(4)61)42-40-38-36-34-32-30-21-19-17-15-13-11-9-2)44-67-58-57(71-50(7)64)56(70-49(6)63)55(69-48(5)62)53(72-58)45-66-46(3)60/h22-23,40,42,51-53,55-58H,8-21,24-39,41,43-45H2,1-7H3,(H,59,65)/b23-22-,42-40+/t51-,52+,53+,55-,56?,57?,58+/m0/s1. The van der Waals surface area contributed by atoms with Crippen molar-refractivity contribution < 1.29 is 61.9 Å². The summed E-state index contributed by atoms with van der Waals surface area (Å²) in [4.78, 5) is 75.2. The minimum atomic E-state index is -1.48. The lowest BCUT2D eigenvalue weighted by atomic mass is 9.98. The molecule has 0 saturated carbocycles. The van der Waals surface area contributed by atoms with Gasteiger partial charge in [0, 0.05) is 41.0 Å². The molecule has 1 aliphatic rings. The van der Waals surface area contributed by atoms with E-state index in [1.807, 2.05) is 6.08 Å². The van der Waals surface area contributed by atoms with Crippen LogP contribution in [0, 0.1) is 0 Å². The molecule has 1 saturated heterocycles. The van der Waals surface area contributed by atoms with Crippen LogP contribution in [-0.4, -0.2) is 91.8 Å². The predicted molar refractivity (Wildman–Crippen MR) is 283 cm³/mol. The monoisotopic (exact) mass is 1020 g/mol. The van der Waals surface area contributed by atoms with Gasteiger partial charge in [-0.1, -0.05) is 186 Å². The number of unbranched alkanes of at least 4 members (excludes halogenated alkanes) is 28. The smallest absolute Gasteiger partial charge is 0.303 e. The first-order valence-electron chi connectivity index (χ1n) is 28.5. The zero-order valence-corrected chi connectivity index (χ0v) is 46.2. The summed E-state index contributed by atoms with van der Waals surface area (Å²) in [5.74, 6) is -3.77. The van der Waals surface area contributed by atoms with Crippen molar-refractivity contribution in [3.05, 3.63) is 24.3 Å². The number of allylic oxidation sites excluding steroid dienone is 3. The molecule has 72 heavy (non-hydrogen) atoms. The van der Waals surface area contributed by atoms with Gasteiger partial charge in [0.15, 0.2) is 24.6 Å². The van der Waals surface area contributed by atoms with E-state index in [1.165, 1.54) is 162 Å². The Kier molecular flexibility index (Phi) is 41.1. The minimum absolute atomic E-state index is 0.249. The second-order valence-electron chi connectivity index (χ2n) is 19.9. The zero-order valence-electron chi connectivity index (χ0n) is 46.2. The van der Waals surface area contributed by atoms with Crippen molar-refractivity contribution in [2.45, 2.75) is 297 Å². The molecule has 14 heteroatoms. The third-order valence-corrected chi connectivity index (χ3v) is 12.9. The molecule has 14 nitrogen and oxygen atoms in total. The summed E-state index contributed by atoms with van der Waals surface area (Å²) in [6.07, 6.45) is 38.0. The first-order valence-corrected chi connectivity index (χ1v) is 28.5. The summed E-state index contributed by atoms with van der Waals surface area (Å²) in [6.45, 7) is 9.68. The molecule has 7 atom stereocenters. The number of rotatable bonds is 45. The van der Waals surface area contributed by atoms with Crippen molar-refractivity contribution in [2.24, 2.45) is 0 Å². The van der Waals surface area contributed by atoms with Crippen LogP contribution in [-0.2, 0) is 61.9 Å². The number of hydrogen-bond acceptors (Lipinski definition) is 13. The van der Waals surface area contributed by atoms with Crippen LogP contribution in [0.5, 0.6) is 0 Å². The number of carbonyl (C=O) groups excluding carboxylic acids is 6. The van der Waals surface area contributed by atoms with Crippen LogP contribution in [0.3, 0.4) is 0 Å². The summed E-state index contributed by atoms with van der Waals surface area (Å²) in [6, 6.07) is -0.923. The largest absolute Gasteiger partial charge is 0.463 e. The van der Waals surface area contributed by atoms with Gasteiger partial charge in [-0.2, -0.15) is 0 Å². The van der Waals surface area contributed by atoms with E-state index in [9.17, 15) is 28.8 Å². The average molecular weight is 1020 g/mol. The molecule has 1 aliphatic heterocycles. The van der Waals surface area contributed by atoms with Gasteiger partial charge in [0.05, 0.1) is 12.6 Å². The molecule has 1 rings (SSSR count). The van der Waals surface area contributed by atoms with Gasteiger partial charge in [0.1, 0.15) is 18.8 Å². The van der Waals surface area contributed by atoms with E-state index in [2.05, 4.69) is 31.3 Å². The molecule has 2 unspecified atom stereocenters. The molecule has 416 valence electrons. The lowest BCUT2D eigenvalue weighted by Gasteiger charge is -2.44. The van der Waals surface area contributed by atoms with Crippen molar-refractivity contribution in [3.8, 4) is 0 Å². The van der Waals surface area contributed by atoms with Gasteiger partial charge in [-0.15, -0.1) is 0 Å². The van der Waals surface area contributed by atoms with Crippen LogP contribution in [0.1, 0.15) is 254 Å². The molecule has 1 N–H and O–H groups in total. The van der Waals surface area contributed by atoms with Crippen LogP contribution in [0.25, 0.3) is 0 Å². The molecular formula is C58H101NO13. The number of nitrogens with one attached hydrogen (secondary N) is 1. The minimum Gasteiger partial charge on any atom is -0.463 e. The van der Waals surface area contributed by atoms with Gasteiger partial charge in [-0.05, 0) is 51.0 Å². The van der Waals surface area contributed by atoms with Crippen LogP contribution < -0.4 is 5.32 Å². The Bertz CT molecular complexity index is 1500. The average Bonchev–Trinajstić information content (AvgIpc) is 3.32. The number of esters is 5. The van der Waals surface area contributed by atoms with Gasteiger partial charge in [-0.3, -0.25) is 28.8 Å². The quantitative estimate of drug-likeness (QED) is 0.0264. The fourth-order valence-electron chi connectivity index (χ4n) is 9.04. The first-order chi connectivity index (χ1) is 34.8. The lowest BCUT2D eigenvalue weighted by molar-refractivity contribution is -0.309. The maximum atomic E-state index is 13.6. The van der Waals surface area contributed by atoms with E-state index in [4.69, 9.17) is 33.2 Å². The Labute approximate surface area is 435 Å². The normalized spacial score (nSPS) is 18.7. The van der Waals surface area contributed by atoms with Crippen molar-refractivity contribution in [3.63, 3.8) is 0 Å². The van der Waals surface area contributed by atoms with Crippen LogP contribution >= 0.6 is 0 Å². The Balaban J connectivity index is 2.92. The molecule has 0 aromatic heterocycles. The summed E-state index contributed by atoms with van der Waals surface area (Å²) in [5, 5.41) is 3.02. The second-order valence-corrected chi connectivity index (χ2v) is 19.9. The van der Waals surface area contributed by atoms with Gasteiger partial charge >= 0.3 is 29.8 Å². The predicted octanol–water partition coefficient (Wildman–Crippen LogP) is 13.1. The molecular weight excluding hydrogens is 919 g/mol. The highest BCUT2D eigenvalue weighted by Crippen LogP contribution is 2.30. The fraction of sp³-hybridized carbons (Fsp3) is 0.828. The number of amides is 1. The van der Waals surface area contributed by atoms with E-state index < -0.39 is 79.3 Å². The van der Waals surface area contributed by atoms with E-state index in [-0.39, 0.29) is 18.9 Å². The molecule has 0 bridgehead atoms. The highest BCUT2D eigenvalue weighted by molar-refractivity contribution is 5.76. The van der Waals surface area contributed by atoms with Crippen LogP contribution in [0.15, 0.2) is 24.3 Å². The SMILES string of the molecule is CCCCCCCC/C=C\CCCCCCCCCCCCCC(=O)N[C@@H](CO[C@@H]1O[C@H](COC(C)=O)[C@H](OC(C)=O)C(OC(C)=O)C1OC(C)=O)[C@@H](/C=C/CCCCCCCCCCCCC)OC(C)=O. The third kappa shape index (κ3) is 36.2. The zero-order chi connectivity index (χ0) is 53.0. The first kappa shape index (κ1) is 66.2. The van der Waals surface area contributed by atoms with Gasteiger partial charge in [0.2, 0.25) is 5.91 Å². The van der Waals surface area contributed by atoms with E-state index in [0.29, 0.717) is 6.42 Å². The van der Waals surface area contributed by atoms with Crippen LogP contribution in [0.2, 0.25) is 0 Å². The van der Waals surface area contributed by atoms with E-state index >= 15 is 0 Å². The maximum absolute atomic E-state index is 13.6. The van der Waals surface area contributed by atoms with Gasteiger partial charge < -0.3 is 38.5 Å². The highest BCUT2D eigenvalue weighted by Gasteiger charge is 2.53. The van der Waals surface area contributed by atoms with Crippen molar-refractivity contribution >= 4 is 35.8 Å². The molecule has 0 radical (unpaired) electrons. The summed E-state index contributed by atoms with van der Waals surface area (Å²) in [5.41, 5.74) is 0. The maximum Gasteiger partial charge on any atom is 0.303 e. The van der Waals surface area contributed by atoms with Gasteiger partial charge in [-0.25, -0.2) is 0 Å². The summed E-state index contributed by atoms with van der Waals surface area (Å²) in [7, 11) is 0. The van der Waals surface area contributed by atoms with Crippen molar-refractivity contribution in [1.82, 2.24) is 5.32 Å². The molecule has 0 aliphatic carbocycles. The third-order valence-electron chi connectivity index (χ3n) is 12.9. The Hall–Kier alpha value is -3.78. The Morgan fingerprint density at radius 1 is 0.472 bits per heavy atom. The van der Waals surface area contributed by atoms with E-state index in [1.54, 1.807) is 6.08 Å². The highest BCUT2D eigenvalue weighted by atomic mass is 16.7. The molecule has 0 aromatic carbocycles. The summed E-state index contributed by atoms with van der Waals surface area (Å²) < 4.78 is 40.1. The molecule has 1 fully saturated rings. The van der Waals surface area contributed by atoms with E-state index in [0.717, 1.165) is 65.7 Å². The topological polar surface area (TPSA) is 179 Å². The molecule has 0 spiro atoms. The van der Waals surface area contributed by atoms with Crippen LogP contribution in [0.4, 0.5) is 0 Å². The molecule has 1 amide bonds. The number of ether oxygens (including phenoxy) is 7. The van der Waals surface area contributed by atoms with Crippen molar-refractivity contribution in [1.29, 1.82) is 0 Å². The van der Waals surface area contributed by atoms with Gasteiger partial charge in [0.25, 0.3) is 0 Å². The Morgan fingerprint density at radius 2 is 0.875 bits per heavy atom. The number of carbonyl (C=O) groups is 6. The fourth-order valence-corrected chi connectivity index (χ4v) is 9.04.